The van der Waals surface area contributed by atoms with E-state index in [-0.39, 0.29) is 5.91 Å². The van der Waals surface area contributed by atoms with Crippen LogP contribution in [0.5, 0.6) is 0 Å². The van der Waals surface area contributed by atoms with Crippen LogP contribution in [-0.4, -0.2) is 35.0 Å². The smallest absolute Gasteiger partial charge is 0.311 e. The molecule has 4 nitrogen and oxygen atoms in total. The molecule has 1 saturated heterocycles. The summed E-state index contributed by atoms with van der Waals surface area (Å²) in [6.07, 6.45) is 1.95. The van der Waals surface area contributed by atoms with Crippen LogP contribution in [0.15, 0.2) is 18.2 Å². The van der Waals surface area contributed by atoms with E-state index in [1.165, 1.54) is 0 Å². The van der Waals surface area contributed by atoms with Gasteiger partial charge in [0.15, 0.2) is 0 Å². The molecular weight excluding hydrogens is 266 g/mol. The van der Waals surface area contributed by atoms with Gasteiger partial charge in [-0.1, -0.05) is 13.0 Å². The molecule has 1 aromatic rings. The number of carboxylic acids is 1. The van der Waals surface area contributed by atoms with Crippen LogP contribution in [0.4, 0.5) is 0 Å². The van der Waals surface area contributed by atoms with Gasteiger partial charge in [-0.25, -0.2) is 0 Å². The number of aliphatic carboxylic acids is 1. The Labute approximate surface area is 125 Å². The summed E-state index contributed by atoms with van der Waals surface area (Å²) in [5, 5.41) is 9.50. The fourth-order valence-electron chi connectivity index (χ4n) is 2.98. The lowest BCUT2D eigenvalue weighted by Crippen LogP contribution is -2.49. The minimum atomic E-state index is -0.789. The monoisotopic (exact) mass is 289 g/mol. The van der Waals surface area contributed by atoms with E-state index >= 15 is 0 Å². The molecule has 0 saturated carbocycles. The number of nitrogens with zero attached hydrogens (tertiary/aromatic N) is 1. The van der Waals surface area contributed by atoms with Crippen molar-refractivity contribution in [1.82, 2.24) is 4.90 Å². The zero-order valence-electron chi connectivity index (χ0n) is 13.0. The van der Waals surface area contributed by atoms with Gasteiger partial charge in [0.05, 0.1) is 5.41 Å². The van der Waals surface area contributed by atoms with Crippen molar-refractivity contribution >= 4 is 11.9 Å². The molecule has 1 amide bonds. The van der Waals surface area contributed by atoms with Crippen LogP contribution in [0.1, 0.15) is 47.7 Å². The van der Waals surface area contributed by atoms with Gasteiger partial charge in [-0.15, -0.1) is 0 Å². The molecule has 114 valence electrons. The largest absolute Gasteiger partial charge is 0.481 e. The average Bonchev–Trinajstić information content (AvgIpc) is 2.49. The maximum atomic E-state index is 12.6. The molecule has 1 unspecified atom stereocenters. The fourth-order valence-corrected chi connectivity index (χ4v) is 2.98. The Morgan fingerprint density at radius 1 is 1.29 bits per heavy atom. The second kappa shape index (κ2) is 5.88. The summed E-state index contributed by atoms with van der Waals surface area (Å²) in [5.41, 5.74) is 2.10. The standard InChI is InChI=1S/C17H23NO3/c1-4-17(16(20)21)8-5-9-18(11-17)15(19)14-7-6-12(2)13(3)10-14/h6-7,10H,4-5,8-9,11H2,1-3H3,(H,20,21). The van der Waals surface area contributed by atoms with E-state index in [0.717, 1.165) is 17.5 Å². The lowest BCUT2D eigenvalue weighted by molar-refractivity contribution is -0.152. The van der Waals surface area contributed by atoms with E-state index in [4.69, 9.17) is 0 Å². The molecule has 0 aliphatic carbocycles. The molecule has 1 aromatic carbocycles. The number of carbonyl (C=O) groups is 2. The predicted molar refractivity (Wildman–Crippen MR) is 81.4 cm³/mol. The summed E-state index contributed by atoms with van der Waals surface area (Å²) in [5.74, 6) is -0.848. The Bertz CT molecular complexity index is 567. The average molecular weight is 289 g/mol. The lowest BCUT2D eigenvalue weighted by Gasteiger charge is -2.39. The van der Waals surface area contributed by atoms with Crippen LogP contribution in [0.2, 0.25) is 0 Å². The van der Waals surface area contributed by atoms with Crippen molar-refractivity contribution in [3.05, 3.63) is 34.9 Å². The van der Waals surface area contributed by atoms with Crippen molar-refractivity contribution in [2.75, 3.05) is 13.1 Å². The molecule has 0 aromatic heterocycles. The number of likely N-dealkylation sites (tertiary alicyclic amines) is 1. The van der Waals surface area contributed by atoms with Crippen LogP contribution in [-0.2, 0) is 4.79 Å². The van der Waals surface area contributed by atoms with E-state index in [1.807, 2.05) is 39.0 Å². The van der Waals surface area contributed by atoms with E-state index in [2.05, 4.69) is 0 Å². The molecule has 1 aliphatic heterocycles. The summed E-state index contributed by atoms with van der Waals surface area (Å²) in [6, 6.07) is 5.66. The van der Waals surface area contributed by atoms with Gasteiger partial charge in [0.25, 0.3) is 5.91 Å². The molecule has 2 rings (SSSR count). The molecular formula is C17H23NO3. The minimum absolute atomic E-state index is 0.0584. The summed E-state index contributed by atoms with van der Waals surface area (Å²) in [7, 11) is 0. The van der Waals surface area contributed by atoms with E-state index in [0.29, 0.717) is 31.5 Å². The SMILES string of the molecule is CCC1(C(=O)O)CCCN(C(=O)c2ccc(C)c(C)c2)C1. The van der Waals surface area contributed by atoms with Gasteiger partial charge in [0.1, 0.15) is 0 Å². The Morgan fingerprint density at radius 2 is 2.00 bits per heavy atom. The third-order valence-corrected chi connectivity index (χ3v) is 4.75. The van der Waals surface area contributed by atoms with Gasteiger partial charge < -0.3 is 10.0 Å². The van der Waals surface area contributed by atoms with Crippen LogP contribution in [0.25, 0.3) is 0 Å². The van der Waals surface area contributed by atoms with Gasteiger partial charge in [0.2, 0.25) is 0 Å². The number of carboxylic acid groups (broad SMARTS) is 1. The normalized spacial score (nSPS) is 22.1. The first-order valence-electron chi connectivity index (χ1n) is 7.49. The molecule has 21 heavy (non-hydrogen) atoms. The van der Waals surface area contributed by atoms with E-state index < -0.39 is 11.4 Å². The Morgan fingerprint density at radius 3 is 2.57 bits per heavy atom. The van der Waals surface area contributed by atoms with Crippen LogP contribution in [0.3, 0.4) is 0 Å². The Balaban J connectivity index is 2.22. The minimum Gasteiger partial charge on any atom is -0.481 e. The first kappa shape index (κ1) is 15.5. The number of hydrogen-bond donors (Lipinski definition) is 1. The first-order valence-corrected chi connectivity index (χ1v) is 7.49. The van der Waals surface area contributed by atoms with E-state index in [1.54, 1.807) is 4.90 Å². The highest BCUT2D eigenvalue weighted by Gasteiger charge is 2.42. The van der Waals surface area contributed by atoms with Crippen LogP contribution >= 0.6 is 0 Å². The van der Waals surface area contributed by atoms with Gasteiger partial charge in [-0.3, -0.25) is 9.59 Å². The van der Waals surface area contributed by atoms with Gasteiger partial charge in [-0.05, 0) is 56.4 Å². The molecule has 1 fully saturated rings. The van der Waals surface area contributed by atoms with Crippen molar-refractivity contribution in [3.8, 4) is 0 Å². The predicted octanol–water partition coefficient (Wildman–Crippen LogP) is 3.02. The number of rotatable bonds is 3. The summed E-state index contributed by atoms with van der Waals surface area (Å²) >= 11 is 0. The quantitative estimate of drug-likeness (QED) is 0.930. The highest BCUT2D eigenvalue weighted by molar-refractivity contribution is 5.95. The molecule has 0 bridgehead atoms. The van der Waals surface area contributed by atoms with Gasteiger partial charge in [0, 0.05) is 18.7 Å². The van der Waals surface area contributed by atoms with Gasteiger partial charge in [-0.2, -0.15) is 0 Å². The van der Waals surface area contributed by atoms with Crippen LogP contribution in [0, 0.1) is 19.3 Å². The maximum Gasteiger partial charge on any atom is 0.311 e. The van der Waals surface area contributed by atoms with Crippen molar-refractivity contribution in [1.29, 1.82) is 0 Å². The number of piperidine rings is 1. The zero-order chi connectivity index (χ0) is 15.6. The van der Waals surface area contributed by atoms with Crippen molar-refractivity contribution < 1.29 is 14.7 Å². The van der Waals surface area contributed by atoms with Crippen molar-refractivity contribution in [2.24, 2.45) is 5.41 Å². The van der Waals surface area contributed by atoms with Crippen molar-refractivity contribution in [2.45, 2.75) is 40.0 Å². The zero-order valence-corrected chi connectivity index (χ0v) is 13.0. The summed E-state index contributed by atoms with van der Waals surface area (Å²) < 4.78 is 0. The molecule has 1 heterocycles. The van der Waals surface area contributed by atoms with Crippen LogP contribution < -0.4 is 0 Å². The molecule has 0 radical (unpaired) electrons. The number of aryl methyl sites for hydroxylation is 2. The second-order valence-electron chi connectivity index (χ2n) is 6.07. The third-order valence-electron chi connectivity index (χ3n) is 4.75. The summed E-state index contributed by atoms with van der Waals surface area (Å²) in [6.45, 7) is 6.83. The molecule has 4 heteroatoms. The van der Waals surface area contributed by atoms with E-state index in [9.17, 15) is 14.7 Å². The second-order valence-corrected chi connectivity index (χ2v) is 6.07. The third kappa shape index (κ3) is 2.94. The fraction of sp³-hybridized carbons (Fsp3) is 0.529. The number of benzene rings is 1. The number of amides is 1. The number of carbonyl (C=O) groups excluding carboxylic acids is 1. The van der Waals surface area contributed by atoms with Crippen molar-refractivity contribution in [3.63, 3.8) is 0 Å². The maximum absolute atomic E-state index is 12.6. The lowest BCUT2D eigenvalue weighted by atomic mass is 9.77. The molecule has 1 atom stereocenters. The molecule has 0 spiro atoms. The Hall–Kier alpha value is -1.84. The Kier molecular flexibility index (Phi) is 4.35. The molecule has 1 aliphatic rings. The topological polar surface area (TPSA) is 57.6 Å². The summed E-state index contributed by atoms with van der Waals surface area (Å²) in [4.78, 5) is 25.9. The molecule has 1 N–H and O–H groups in total. The van der Waals surface area contributed by atoms with Gasteiger partial charge >= 0.3 is 5.97 Å². The first-order chi connectivity index (χ1) is 9.89. The highest BCUT2D eigenvalue weighted by atomic mass is 16.4. The number of hydrogen-bond acceptors (Lipinski definition) is 2. The highest BCUT2D eigenvalue weighted by Crippen LogP contribution is 2.34.